The Kier molecular flexibility index (Phi) is 7.64. The quantitative estimate of drug-likeness (QED) is 0.273. The molecular formula is C23H29N5O4. The van der Waals surface area contributed by atoms with Gasteiger partial charge in [-0.2, -0.15) is 9.36 Å². The van der Waals surface area contributed by atoms with Crippen molar-refractivity contribution < 1.29 is 14.3 Å². The van der Waals surface area contributed by atoms with Crippen LogP contribution in [0.2, 0.25) is 0 Å². The summed E-state index contributed by atoms with van der Waals surface area (Å²) >= 11 is 0. The Hall–Kier alpha value is -3.62. The SMILES string of the molecule is CCCCON=C(C)c1ccc(OCc2c(OC)cccc2-n2nnn(C)c2=O)c(C)c1. The van der Waals surface area contributed by atoms with Gasteiger partial charge in [-0.1, -0.05) is 24.6 Å². The minimum atomic E-state index is -0.351. The van der Waals surface area contributed by atoms with Crippen LogP contribution in [0.4, 0.5) is 0 Å². The Bertz CT molecular complexity index is 1150. The van der Waals surface area contributed by atoms with E-state index in [2.05, 4.69) is 22.5 Å². The van der Waals surface area contributed by atoms with Gasteiger partial charge in [0.15, 0.2) is 0 Å². The fourth-order valence-electron chi connectivity index (χ4n) is 3.14. The largest absolute Gasteiger partial charge is 0.496 e. The third-order valence-corrected chi connectivity index (χ3v) is 5.03. The highest BCUT2D eigenvalue weighted by Gasteiger charge is 2.16. The minimum Gasteiger partial charge on any atom is -0.496 e. The lowest BCUT2D eigenvalue weighted by Crippen LogP contribution is -2.23. The second-order valence-electron chi connectivity index (χ2n) is 7.39. The molecule has 0 aliphatic heterocycles. The third kappa shape index (κ3) is 5.16. The number of methoxy groups -OCH3 is 1. The second kappa shape index (κ2) is 10.6. The molecule has 0 unspecified atom stereocenters. The number of aryl methyl sites for hydroxylation is 2. The number of hydrogen-bond donors (Lipinski definition) is 0. The maximum Gasteiger partial charge on any atom is 0.368 e. The number of rotatable bonds is 10. The number of ether oxygens (including phenoxy) is 2. The molecule has 32 heavy (non-hydrogen) atoms. The van der Waals surface area contributed by atoms with Crippen molar-refractivity contribution >= 4 is 5.71 Å². The van der Waals surface area contributed by atoms with Gasteiger partial charge in [-0.25, -0.2) is 4.79 Å². The van der Waals surface area contributed by atoms with Gasteiger partial charge in [0, 0.05) is 7.05 Å². The summed E-state index contributed by atoms with van der Waals surface area (Å²) in [5.41, 5.74) is 3.64. The zero-order valence-electron chi connectivity index (χ0n) is 19.2. The molecule has 0 saturated carbocycles. The van der Waals surface area contributed by atoms with E-state index in [1.165, 1.54) is 9.36 Å². The Morgan fingerprint density at radius 3 is 2.62 bits per heavy atom. The summed E-state index contributed by atoms with van der Waals surface area (Å²) in [4.78, 5) is 17.7. The number of benzene rings is 2. The number of tetrazole rings is 1. The molecule has 0 fully saturated rings. The van der Waals surface area contributed by atoms with E-state index in [1.807, 2.05) is 38.1 Å². The lowest BCUT2D eigenvalue weighted by Gasteiger charge is -2.15. The number of nitrogens with zero attached hydrogens (tertiary/aromatic N) is 5. The van der Waals surface area contributed by atoms with E-state index in [4.69, 9.17) is 14.3 Å². The van der Waals surface area contributed by atoms with Gasteiger partial charge in [0.2, 0.25) is 0 Å². The van der Waals surface area contributed by atoms with Crippen molar-refractivity contribution in [1.29, 1.82) is 0 Å². The number of hydrogen-bond acceptors (Lipinski definition) is 7. The molecule has 0 amide bonds. The lowest BCUT2D eigenvalue weighted by atomic mass is 10.1. The zero-order valence-corrected chi connectivity index (χ0v) is 19.2. The summed E-state index contributed by atoms with van der Waals surface area (Å²) in [6.45, 7) is 6.81. The fraction of sp³-hybridized carbons (Fsp3) is 0.391. The standard InChI is InChI=1S/C23H29N5O4/c1-6-7-13-32-24-17(3)18-11-12-21(16(2)14-18)31-15-19-20(9-8-10-22(19)30-5)28-23(29)27(4)25-26-28/h8-12,14H,6-7,13,15H2,1-5H3. The van der Waals surface area contributed by atoms with Crippen LogP contribution in [-0.4, -0.2) is 39.2 Å². The molecule has 0 atom stereocenters. The summed E-state index contributed by atoms with van der Waals surface area (Å²) < 4.78 is 14.0. The van der Waals surface area contributed by atoms with Crippen LogP contribution in [-0.2, 0) is 18.5 Å². The molecule has 9 nitrogen and oxygen atoms in total. The van der Waals surface area contributed by atoms with Crippen LogP contribution in [0, 0.1) is 6.92 Å². The minimum absolute atomic E-state index is 0.190. The van der Waals surface area contributed by atoms with Crippen molar-refractivity contribution in [2.24, 2.45) is 12.2 Å². The number of unbranched alkanes of at least 4 members (excludes halogenated alkanes) is 1. The summed E-state index contributed by atoms with van der Waals surface area (Å²) in [5.74, 6) is 1.32. The summed E-state index contributed by atoms with van der Waals surface area (Å²) in [6.07, 6.45) is 2.05. The third-order valence-electron chi connectivity index (χ3n) is 5.03. The fourth-order valence-corrected chi connectivity index (χ4v) is 3.14. The average molecular weight is 440 g/mol. The smallest absolute Gasteiger partial charge is 0.368 e. The predicted molar refractivity (Wildman–Crippen MR) is 122 cm³/mol. The molecule has 170 valence electrons. The van der Waals surface area contributed by atoms with Crippen molar-refractivity contribution in [3.8, 4) is 17.2 Å². The van der Waals surface area contributed by atoms with Crippen LogP contribution in [0.1, 0.15) is 43.4 Å². The maximum absolute atomic E-state index is 12.4. The predicted octanol–water partition coefficient (Wildman–Crippen LogP) is 3.40. The number of aromatic nitrogens is 4. The summed E-state index contributed by atoms with van der Waals surface area (Å²) in [6, 6.07) is 11.3. The van der Waals surface area contributed by atoms with Gasteiger partial charge >= 0.3 is 5.69 Å². The van der Waals surface area contributed by atoms with Gasteiger partial charge in [0.05, 0.1) is 24.1 Å². The molecule has 0 radical (unpaired) electrons. The molecule has 2 aromatic carbocycles. The molecule has 9 heteroatoms. The average Bonchev–Trinajstić information content (AvgIpc) is 3.13. The van der Waals surface area contributed by atoms with Gasteiger partial charge in [-0.3, -0.25) is 0 Å². The first-order valence-corrected chi connectivity index (χ1v) is 10.5. The molecule has 3 aromatic rings. The first-order chi connectivity index (χ1) is 15.5. The van der Waals surface area contributed by atoms with Gasteiger partial charge < -0.3 is 14.3 Å². The molecule has 0 saturated heterocycles. The van der Waals surface area contributed by atoms with Crippen LogP contribution in [0.5, 0.6) is 11.5 Å². The Morgan fingerprint density at radius 1 is 1.16 bits per heavy atom. The van der Waals surface area contributed by atoms with Crippen LogP contribution in [0.25, 0.3) is 5.69 Å². The van der Waals surface area contributed by atoms with Crippen LogP contribution in [0.15, 0.2) is 46.3 Å². The Labute approximate surface area is 187 Å². The molecule has 0 aliphatic rings. The zero-order chi connectivity index (χ0) is 23.1. The van der Waals surface area contributed by atoms with Crippen LogP contribution < -0.4 is 15.2 Å². The van der Waals surface area contributed by atoms with E-state index in [0.29, 0.717) is 23.6 Å². The number of oxime groups is 1. The van der Waals surface area contributed by atoms with Crippen LogP contribution >= 0.6 is 0 Å². The highest BCUT2D eigenvalue weighted by Crippen LogP contribution is 2.27. The normalized spacial score (nSPS) is 11.5. The van der Waals surface area contributed by atoms with Crippen molar-refractivity contribution in [2.75, 3.05) is 13.7 Å². The summed E-state index contributed by atoms with van der Waals surface area (Å²) in [5, 5.41) is 11.9. The van der Waals surface area contributed by atoms with Crippen molar-refractivity contribution in [1.82, 2.24) is 19.8 Å². The van der Waals surface area contributed by atoms with E-state index in [9.17, 15) is 4.79 Å². The molecule has 1 aromatic heterocycles. The van der Waals surface area contributed by atoms with Crippen molar-refractivity contribution in [3.05, 3.63) is 63.6 Å². The van der Waals surface area contributed by atoms with Crippen molar-refractivity contribution in [2.45, 2.75) is 40.2 Å². The molecule has 0 spiro atoms. The van der Waals surface area contributed by atoms with E-state index < -0.39 is 0 Å². The molecule has 3 rings (SSSR count). The molecule has 0 bridgehead atoms. The first kappa shape index (κ1) is 23.1. The maximum atomic E-state index is 12.4. The summed E-state index contributed by atoms with van der Waals surface area (Å²) in [7, 11) is 3.13. The van der Waals surface area contributed by atoms with E-state index in [0.717, 1.165) is 35.4 Å². The topological polar surface area (TPSA) is 92.8 Å². The first-order valence-electron chi connectivity index (χ1n) is 10.5. The molecular weight excluding hydrogens is 410 g/mol. The Morgan fingerprint density at radius 2 is 1.97 bits per heavy atom. The van der Waals surface area contributed by atoms with Crippen LogP contribution in [0.3, 0.4) is 0 Å². The van der Waals surface area contributed by atoms with E-state index in [-0.39, 0.29) is 12.3 Å². The Balaban J connectivity index is 1.81. The van der Waals surface area contributed by atoms with Crippen molar-refractivity contribution in [3.63, 3.8) is 0 Å². The van der Waals surface area contributed by atoms with Gasteiger partial charge in [0.1, 0.15) is 24.7 Å². The van der Waals surface area contributed by atoms with Gasteiger partial charge in [-0.05, 0) is 72.2 Å². The molecule has 0 aliphatic carbocycles. The van der Waals surface area contributed by atoms with Gasteiger partial charge in [-0.15, -0.1) is 0 Å². The molecule has 0 N–H and O–H groups in total. The second-order valence-corrected chi connectivity index (χ2v) is 7.39. The monoisotopic (exact) mass is 439 g/mol. The lowest BCUT2D eigenvalue weighted by molar-refractivity contribution is 0.141. The highest BCUT2D eigenvalue weighted by molar-refractivity contribution is 5.98. The van der Waals surface area contributed by atoms with E-state index in [1.54, 1.807) is 26.3 Å². The van der Waals surface area contributed by atoms with Gasteiger partial charge in [0.25, 0.3) is 0 Å². The highest BCUT2D eigenvalue weighted by atomic mass is 16.6. The van der Waals surface area contributed by atoms with E-state index >= 15 is 0 Å². The molecule has 1 heterocycles.